The van der Waals surface area contributed by atoms with E-state index in [1.54, 1.807) is 25.1 Å². The average molecular weight is 248 g/mol. The lowest BCUT2D eigenvalue weighted by Gasteiger charge is -2.03. The molecule has 4 nitrogen and oxygen atoms in total. The first-order valence-electron chi connectivity index (χ1n) is 4.49. The largest absolute Gasteiger partial charge is 0.330 e. The molecule has 1 rings (SSSR count). The van der Waals surface area contributed by atoms with Crippen molar-refractivity contribution in [3.63, 3.8) is 0 Å². The van der Waals surface area contributed by atoms with Gasteiger partial charge in [-0.3, -0.25) is 4.57 Å². The average Bonchev–Trinajstić information content (AvgIpc) is 2.18. The molecular formula is C9H13O4PS. The van der Waals surface area contributed by atoms with Gasteiger partial charge in [-0.25, -0.2) is 8.42 Å². The fourth-order valence-electron chi connectivity index (χ4n) is 1.07. The molecule has 0 N–H and O–H groups in total. The molecule has 1 aromatic carbocycles. The van der Waals surface area contributed by atoms with Crippen molar-refractivity contribution in [2.45, 2.75) is 11.8 Å². The van der Waals surface area contributed by atoms with E-state index in [1.165, 1.54) is 12.1 Å². The highest BCUT2D eigenvalue weighted by Gasteiger charge is 2.17. The Kier molecular flexibility index (Phi) is 4.51. The summed E-state index contributed by atoms with van der Waals surface area (Å²) in [5.41, 5.74) is -0.421. The van der Waals surface area contributed by atoms with Gasteiger partial charge in [0.2, 0.25) is 8.03 Å². The SMILES string of the molecule is CCO[PH](=O)CS(=O)(=O)c1ccccc1. The molecule has 0 radical (unpaired) electrons. The second-order valence-electron chi connectivity index (χ2n) is 2.88. The second kappa shape index (κ2) is 5.45. The molecule has 0 aliphatic carbocycles. The van der Waals surface area contributed by atoms with Gasteiger partial charge in [-0.2, -0.15) is 0 Å². The van der Waals surface area contributed by atoms with E-state index in [4.69, 9.17) is 4.52 Å². The van der Waals surface area contributed by atoms with Crippen molar-refractivity contribution in [3.8, 4) is 0 Å². The maximum atomic E-state index is 11.7. The van der Waals surface area contributed by atoms with Crippen LogP contribution < -0.4 is 0 Å². The summed E-state index contributed by atoms with van der Waals surface area (Å²) in [4.78, 5) is 0.183. The van der Waals surface area contributed by atoms with Gasteiger partial charge >= 0.3 is 0 Å². The Morgan fingerprint density at radius 3 is 2.40 bits per heavy atom. The van der Waals surface area contributed by atoms with Crippen LogP contribution in [-0.2, 0) is 18.9 Å². The van der Waals surface area contributed by atoms with Crippen LogP contribution in [-0.4, -0.2) is 20.5 Å². The van der Waals surface area contributed by atoms with Crippen molar-refractivity contribution >= 4 is 17.9 Å². The van der Waals surface area contributed by atoms with Crippen LogP contribution in [0.1, 0.15) is 6.92 Å². The molecule has 0 saturated heterocycles. The molecule has 0 aromatic heterocycles. The Bertz CT molecular complexity index is 427. The molecule has 0 heterocycles. The van der Waals surface area contributed by atoms with Crippen molar-refractivity contribution < 1.29 is 17.5 Å². The Morgan fingerprint density at radius 2 is 1.87 bits per heavy atom. The lowest BCUT2D eigenvalue weighted by Crippen LogP contribution is -2.04. The third-order valence-corrected chi connectivity index (χ3v) is 5.78. The summed E-state index contributed by atoms with van der Waals surface area (Å²) in [5.74, 6) is 0. The zero-order valence-corrected chi connectivity index (χ0v) is 10.2. The predicted octanol–water partition coefficient (Wildman–Crippen LogP) is 1.93. The molecule has 6 heteroatoms. The summed E-state index contributed by atoms with van der Waals surface area (Å²) in [5, 5.41) is 0. The third kappa shape index (κ3) is 3.78. The van der Waals surface area contributed by atoms with Gasteiger partial charge < -0.3 is 4.52 Å². The zero-order valence-electron chi connectivity index (χ0n) is 8.34. The van der Waals surface area contributed by atoms with E-state index in [-0.39, 0.29) is 11.5 Å². The minimum Gasteiger partial charge on any atom is -0.330 e. The van der Waals surface area contributed by atoms with E-state index in [9.17, 15) is 13.0 Å². The number of hydrogen-bond donors (Lipinski definition) is 0. The molecule has 0 saturated carbocycles. The van der Waals surface area contributed by atoms with E-state index >= 15 is 0 Å². The van der Waals surface area contributed by atoms with Crippen molar-refractivity contribution in [1.82, 2.24) is 0 Å². The maximum Gasteiger partial charge on any atom is 0.206 e. The highest BCUT2D eigenvalue weighted by atomic mass is 32.2. The van der Waals surface area contributed by atoms with Crippen LogP contribution >= 0.6 is 8.03 Å². The summed E-state index contributed by atoms with van der Waals surface area (Å²) < 4.78 is 39.3. The minimum absolute atomic E-state index is 0.183. The Labute approximate surface area is 90.1 Å². The fraction of sp³-hybridized carbons (Fsp3) is 0.333. The van der Waals surface area contributed by atoms with Crippen molar-refractivity contribution in [1.29, 1.82) is 0 Å². The third-order valence-electron chi connectivity index (χ3n) is 1.72. The number of benzene rings is 1. The van der Waals surface area contributed by atoms with Crippen LogP contribution in [0.5, 0.6) is 0 Å². The van der Waals surface area contributed by atoms with E-state index < -0.39 is 23.4 Å². The van der Waals surface area contributed by atoms with Crippen LogP contribution in [0.25, 0.3) is 0 Å². The van der Waals surface area contributed by atoms with Gasteiger partial charge in [0, 0.05) is 0 Å². The molecule has 1 unspecified atom stereocenters. The van der Waals surface area contributed by atoms with Crippen molar-refractivity contribution in [3.05, 3.63) is 30.3 Å². The van der Waals surface area contributed by atoms with Crippen LogP contribution in [0.15, 0.2) is 35.2 Å². The van der Waals surface area contributed by atoms with E-state index in [0.717, 1.165) is 0 Å². The van der Waals surface area contributed by atoms with Gasteiger partial charge in [-0.05, 0) is 19.1 Å². The highest BCUT2D eigenvalue weighted by Crippen LogP contribution is 2.27. The fourth-order valence-corrected chi connectivity index (χ4v) is 4.20. The van der Waals surface area contributed by atoms with Gasteiger partial charge in [-0.1, -0.05) is 18.2 Å². The van der Waals surface area contributed by atoms with Gasteiger partial charge in [0.1, 0.15) is 5.49 Å². The van der Waals surface area contributed by atoms with Crippen LogP contribution in [0, 0.1) is 0 Å². The summed E-state index contributed by atoms with van der Waals surface area (Å²) >= 11 is 0. The molecule has 0 fully saturated rings. The Balaban J connectivity index is 2.81. The van der Waals surface area contributed by atoms with Crippen molar-refractivity contribution in [2.75, 3.05) is 12.1 Å². The number of rotatable bonds is 5. The van der Waals surface area contributed by atoms with E-state index in [0.29, 0.717) is 0 Å². The first kappa shape index (κ1) is 12.4. The minimum atomic E-state index is -3.47. The highest BCUT2D eigenvalue weighted by molar-refractivity contribution is 7.96. The van der Waals surface area contributed by atoms with E-state index in [1.807, 2.05) is 0 Å². The first-order chi connectivity index (χ1) is 7.06. The molecule has 0 amide bonds. The molecule has 1 aromatic rings. The predicted molar refractivity (Wildman–Crippen MR) is 59.1 cm³/mol. The Hall–Kier alpha value is -0.640. The summed E-state index contributed by atoms with van der Waals surface area (Å²) in [6.45, 7) is 1.94. The molecule has 84 valence electrons. The van der Waals surface area contributed by atoms with E-state index in [2.05, 4.69) is 0 Å². The van der Waals surface area contributed by atoms with Crippen LogP contribution in [0.2, 0.25) is 0 Å². The molecule has 15 heavy (non-hydrogen) atoms. The van der Waals surface area contributed by atoms with Crippen molar-refractivity contribution in [2.24, 2.45) is 0 Å². The van der Waals surface area contributed by atoms with Gasteiger partial charge in [-0.15, -0.1) is 0 Å². The molecular weight excluding hydrogens is 235 g/mol. The lowest BCUT2D eigenvalue weighted by atomic mass is 10.4. The maximum absolute atomic E-state index is 11.7. The zero-order chi connectivity index (χ0) is 11.3. The van der Waals surface area contributed by atoms with Crippen LogP contribution in [0.3, 0.4) is 0 Å². The molecule has 0 aliphatic heterocycles. The summed E-state index contributed by atoms with van der Waals surface area (Å²) in [6.07, 6.45) is 0. The second-order valence-corrected chi connectivity index (χ2v) is 6.77. The summed E-state index contributed by atoms with van der Waals surface area (Å²) in [7, 11) is -5.96. The molecule has 0 spiro atoms. The normalized spacial score (nSPS) is 13.7. The first-order valence-corrected chi connectivity index (χ1v) is 7.67. The topological polar surface area (TPSA) is 60.4 Å². The summed E-state index contributed by atoms with van der Waals surface area (Å²) in [6, 6.07) is 7.95. The quantitative estimate of drug-likeness (QED) is 0.747. The smallest absolute Gasteiger partial charge is 0.206 e. The molecule has 0 aliphatic rings. The molecule has 0 bridgehead atoms. The standard InChI is InChI=1S/C9H13O4PS/c1-2-13-14(10)8-15(11,12)9-6-4-3-5-7-9/h3-7,14H,2,8H2,1H3. The number of hydrogen-bond acceptors (Lipinski definition) is 4. The lowest BCUT2D eigenvalue weighted by molar-refractivity contribution is 0.353. The van der Waals surface area contributed by atoms with Gasteiger partial charge in [0.25, 0.3) is 0 Å². The van der Waals surface area contributed by atoms with Crippen LogP contribution in [0.4, 0.5) is 0 Å². The number of sulfone groups is 1. The monoisotopic (exact) mass is 248 g/mol. The molecule has 1 atom stereocenters. The Morgan fingerprint density at radius 1 is 1.27 bits per heavy atom. The van der Waals surface area contributed by atoms with Gasteiger partial charge in [0.05, 0.1) is 11.5 Å². The van der Waals surface area contributed by atoms with Gasteiger partial charge in [0.15, 0.2) is 9.84 Å².